The molecule has 1 N–H and O–H groups in total. The van der Waals surface area contributed by atoms with E-state index in [1.54, 1.807) is 18.5 Å². The van der Waals surface area contributed by atoms with Gasteiger partial charge in [-0.05, 0) is 43.7 Å². The highest BCUT2D eigenvalue weighted by Gasteiger charge is 2.25. The summed E-state index contributed by atoms with van der Waals surface area (Å²) in [5.74, 6) is -0.248. The van der Waals surface area contributed by atoms with E-state index in [0.717, 1.165) is 36.3 Å². The molecule has 0 saturated carbocycles. The lowest BCUT2D eigenvalue weighted by atomic mass is 9.98. The molecule has 0 radical (unpaired) electrons. The lowest BCUT2D eigenvalue weighted by Gasteiger charge is -2.31. The molecule has 2 heterocycles. The van der Waals surface area contributed by atoms with E-state index in [4.69, 9.17) is 16.3 Å². The molecule has 6 heteroatoms. The Hall–Kier alpha value is -2.11. The second kappa shape index (κ2) is 8.32. The third kappa shape index (κ3) is 4.94. The first kappa shape index (κ1) is 17.7. The van der Waals surface area contributed by atoms with Gasteiger partial charge in [-0.25, -0.2) is 0 Å². The second-order valence-electron chi connectivity index (χ2n) is 6.31. The Morgan fingerprint density at radius 3 is 3.04 bits per heavy atom. The number of carbonyl (C=O) groups is 1. The molecule has 1 atom stereocenters. The average Bonchev–Trinajstić information content (AvgIpc) is 2.62. The molecule has 25 heavy (non-hydrogen) atoms. The maximum atomic E-state index is 11.3. The molecule has 2 aromatic rings. The molecule has 0 aliphatic carbocycles. The summed E-state index contributed by atoms with van der Waals surface area (Å²) in [4.78, 5) is 17.5. The van der Waals surface area contributed by atoms with Gasteiger partial charge in [-0.15, -0.1) is 0 Å². The SMILES string of the molecule is O=C(O)C1CCCN(Cc2cc(Cl)ccc2OCc2cccnc2)C1. The Balaban J connectivity index is 1.69. The zero-order valence-electron chi connectivity index (χ0n) is 13.9. The highest BCUT2D eigenvalue weighted by Crippen LogP contribution is 2.27. The maximum Gasteiger partial charge on any atom is 0.307 e. The number of ether oxygens (including phenoxy) is 1. The van der Waals surface area contributed by atoms with E-state index in [-0.39, 0.29) is 5.92 Å². The second-order valence-corrected chi connectivity index (χ2v) is 6.75. The number of pyridine rings is 1. The maximum absolute atomic E-state index is 11.3. The molecule has 132 valence electrons. The highest BCUT2D eigenvalue weighted by molar-refractivity contribution is 6.30. The summed E-state index contributed by atoms with van der Waals surface area (Å²) in [5.41, 5.74) is 1.97. The Bertz CT molecular complexity index is 724. The number of hydrogen-bond donors (Lipinski definition) is 1. The zero-order valence-corrected chi connectivity index (χ0v) is 14.7. The van der Waals surface area contributed by atoms with E-state index < -0.39 is 5.97 Å². The van der Waals surface area contributed by atoms with Crippen LogP contribution >= 0.6 is 11.6 Å². The van der Waals surface area contributed by atoms with Crippen molar-refractivity contribution in [1.82, 2.24) is 9.88 Å². The summed E-state index contributed by atoms with van der Waals surface area (Å²) in [6.07, 6.45) is 5.14. The molecule has 5 nitrogen and oxygen atoms in total. The van der Waals surface area contributed by atoms with Crippen molar-refractivity contribution in [2.24, 2.45) is 5.92 Å². The fraction of sp³-hybridized carbons (Fsp3) is 0.368. The van der Waals surface area contributed by atoms with Gasteiger partial charge in [0.05, 0.1) is 5.92 Å². The quantitative estimate of drug-likeness (QED) is 0.852. The highest BCUT2D eigenvalue weighted by atomic mass is 35.5. The van der Waals surface area contributed by atoms with Gasteiger partial charge in [0.15, 0.2) is 0 Å². The van der Waals surface area contributed by atoms with E-state index >= 15 is 0 Å². The van der Waals surface area contributed by atoms with Gasteiger partial charge in [-0.2, -0.15) is 0 Å². The molecule has 1 aromatic heterocycles. The standard InChI is InChI=1S/C19H21ClN2O3/c20-17-5-6-18(25-13-14-3-1-7-21-10-14)16(9-17)12-22-8-2-4-15(11-22)19(23)24/h1,3,5-7,9-10,15H,2,4,8,11-13H2,(H,23,24). The van der Waals surface area contributed by atoms with Crippen LogP contribution in [-0.4, -0.2) is 34.0 Å². The first-order valence-corrected chi connectivity index (χ1v) is 8.75. The van der Waals surface area contributed by atoms with Crippen molar-refractivity contribution >= 4 is 17.6 Å². The molecule has 0 spiro atoms. The number of piperidine rings is 1. The van der Waals surface area contributed by atoms with Crippen molar-refractivity contribution in [2.75, 3.05) is 13.1 Å². The van der Waals surface area contributed by atoms with E-state index in [0.29, 0.717) is 24.7 Å². The summed E-state index contributed by atoms with van der Waals surface area (Å²) >= 11 is 6.15. The monoisotopic (exact) mass is 360 g/mol. The van der Waals surface area contributed by atoms with Crippen LogP contribution in [0.3, 0.4) is 0 Å². The van der Waals surface area contributed by atoms with Gasteiger partial charge >= 0.3 is 5.97 Å². The summed E-state index contributed by atoms with van der Waals surface area (Å²) in [7, 11) is 0. The van der Waals surface area contributed by atoms with E-state index in [1.807, 2.05) is 24.3 Å². The molecule has 1 fully saturated rings. The molecule has 1 aliphatic rings. The molecule has 1 saturated heterocycles. The summed E-state index contributed by atoms with van der Waals surface area (Å²) in [6.45, 7) is 2.51. The number of rotatable bonds is 6. The van der Waals surface area contributed by atoms with Crippen molar-refractivity contribution in [3.05, 3.63) is 58.9 Å². The fourth-order valence-electron chi connectivity index (χ4n) is 3.10. The minimum absolute atomic E-state index is 0.298. The molecular weight excluding hydrogens is 340 g/mol. The lowest BCUT2D eigenvalue weighted by Crippen LogP contribution is -2.38. The first-order chi connectivity index (χ1) is 12.1. The van der Waals surface area contributed by atoms with E-state index in [2.05, 4.69) is 9.88 Å². The normalized spacial score (nSPS) is 18.0. The average molecular weight is 361 g/mol. The largest absolute Gasteiger partial charge is 0.489 e. The smallest absolute Gasteiger partial charge is 0.307 e. The molecular formula is C19H21ClN2O3. The van der Waals surface area contributed by atoms with Gasteiger partial charge in [0, 0.05) is 41.6 Å². The van der Waals surface area contributed by atoms with Gasteiger partial charge in [-0.3, -0.25) is 14.7 Å². The fourth-order valence-corrected chi connectivity index (χ4v) is 3.29. The van der Waals surface area contributed by atoms with Crippen LogP contribution in [0.5, 0.6) is 5.75 Å². The summed E-state index contributed by atoms with van der Waals surface area (Å²) in [6, 6.07) is 9.41. The van der Waals surface area contributed by atoms with Crippen LogP contribution in [0, 0.1) is 5.92 Å². The summed E-state index contributed by atoms with van der Waals surface area (Å²) < 4.78 is 5.95. The predicted octanol–water partition coefficient (Wildman–Crippen LogP) is 3.61. The minimum atomic E-state index is -0.719. The molecule has 0 amide bonds. The van der Waals surface area contributed by atoms with Gasteiger partial charge < -0.3 is 9.84 Å². The molecule has 1 aromatic carbocycles. The van der Waals surface area contributed by atoms with Crippen LogP contribution in [0.4, 0.5) is 0 Å². The Kier molecular flexibility index (Phi) is 5.89. The zero-order chi connectivity index (χ0) is 17.6. The number of carboxylic acid groups (broad SMARTS) is 1. The molecule has 1 unspecified atom stereocenters. The third-order valence-electron chi connectivity index (χ3n) is 4.39. The molecule has 1 aliphatic heterocycles. The van der Waals surface area contributed by atoms with Gasteiger partial charge in [0.1, 0.15) is 12.4 Å². The van der Waals surface area contributed by atoms with Crippen LogP contribution in [0.25, 0.3) is 0 Å². The Morgan fingerprint density at radius 2 is 2.28 bits per heavy atom. The first-order valence-electron chi connectivity index (χ1n) is 8.37. The van der Waals surface area contributed by atoms with Crippen molar-refractivity contribution in [3.63, 3.8) is 0 Å². The third-order valence-corrected chi connectivity index (χ3v) is 4.62. The number of nitrogens with zero attached hydrogens (tertiary/aromatic N) is 2. The van der Waals surface area contributed by atoms with Crippen molar-refractivity contribution < 1.29 is 14.6 Å². The Labute approximate surface area is 152 Å². The predicted molar refractivity (Wildman–Crippen MR) is 95.7 cm³/mol. The number of carboxylic acids is 1. The van der Waals surface area contributed by atoms with E-state index in [1.165, 1.54) is 0 Å². The number of benzene rings is 1. The molecule has 3 rings (SSSR count). The van der Waals surface area contributed by atoms with Crippen LogP contribution < -0.4 is 4.74 Å². The topological polar surface area (TPSA) is 62.7 Å². The van der Waals surface area contributed by atoms with Crippen LogP contribution in [0.15, 0.2) is 42.7 Å². The number of hydrogen-bond acceptors (Lipinski definition) is 4. The molecule has 0 bridgehead atoms. The lowest BCUT2D eigenvalue weighted by molar-refractivity contribution is -0.143. The number of aliphatic carboxylic acids is 1. The van der Waals surface area contributed by atoms with Crippen molar-refractivity contribution in [2.45, 2.75) is 26.0 Å². The summed E-state index contributed by atoms with van der Waals surface area (Å²) in [5, 5.41) is 9.90. The van der Waals surface area contributed by atoms with Crippen molar-refractivity contribution in [3.8, 4) is 5.75 Å². The number of halogens is 1. The Morgan fingerprint density at radius 1 is 1.40 bits per heavy atom. The number of likely N-dealkylation sites (tertiary alicyclic amines) is 1. The van der Waals surface area contributed by atoms with Gasteiger partial charge in [0.25, 0.3) is 0 Å². The van der Waals surface area contributed by atoms with Crippen LogP contribution in [-0.2, 0) is 17.9 Å². The van der Waals surface area contributed by atoms with Gasteiger partial charge in [0.2, 0.25) is 0 Å². The van der Waals surface area contributed by atoms with Gasteiger partial charge in [-0.1, -0.05) is 17.7 Å². The van der Waals surface area contributed by atoms with Crippen molar-refractivity contribution in [1.29, 1.82) is 0 Å². The van der Waals surface area contributed by atoms with Crippen LogP contribution in [0.1, 0.15) is 24.0 Å². The van der Waals surface area contributed by atoms with E-state index in [9.17, 15) is 9.90 Å². The number of aromatic nitrogens is 1. The van der Waals surface area contributed by atoms with Crippen LogP contribution in [0.2, 0.25) is 5.02 Å². The minimum Gasteiger partial charge on any atom is -0.489 e.